The maximum atomic E-state index is 13.2. The Bertz CT molecular complexity index is 968. The molecule has 0 unspecified atom stereocenters. The van der Waals surface area contributed by atoms with Gasteiger partial charge in [-0.1, -0.05) is 25.7 Å². The van der Waals surface area contributed by atoms with Crippen LogP contribution in [-0.2, 0) is 32.2 Å². The number of amides is 1. The Labute approximate surface area is 171 Å². The van der Waals surface area contributed by atoms with Gasteiger partial charge in [-0.25, -0.2) is 0 Å². The SMILES string of the molecule is O=C(c1cc2c([nH]c1=O)CCCC2)N1CCc2[nH]nc(CCC3CCCC3)c2C1. The first-order valence-electron chi connectivity index (χ1n) is 11.3. The first kappa shape index (κ1) is 18.6. The highest BCUT2D eigenvalue weighted by molar-refractivity contribution is 5.94. The molecule has 3 aliphatic rings. The quantitative estimate of drug-likeness (QED) is 0.835. The normalized spacial score (nSPS) is 19.2. The summed E-state index contributed by atoms with van der Waals surface area (Å²) in [6, 6.07) is 1.85. The van der Waals surface area contributed by atoms with Gasteiger partial charge in [-0.2, -0.15) is 5.10 Å². The molecule has 0 aromatic carbocycles. The Hall–Kier alpha value is -2.37. The van der Waals surface area contributed by atoms with Gasteiger partial charge < -0.3 is 9.88 Å². The summed E-state index contributed by atoms with van der Waals surface area (Å²) in [6.07, 6.45) is 12.5. The Kier molecular flexibility index (Phi) is 5.02. The smallest absolute Gasteiger partial charge is 0.261 e. The van der Waals surface area contributed by atoms with Crippen molar-refractivity contribution in [2.24, 2.45) is 5.92 Å². The van der Waals surface area contributed by atoms with Crippen LogP contribution in [0.4, 0.5) is 0 Å². The van der Waals surface area contributed by atoms with Crippen molar-refractivity contribution in [3.8, 4) is 0 Å². The van der Waals surface area contributed by atoms with Crippen LogP contribution >= 0.6 is 0 Å². The Morgan fingerprint density at radius 3 is 2.79 bits per heavy atom. The fourth-order valence-electron chi connectivity index (χ4n) is 5.38. The molecule has 2 aliphatic carbocycles. The molecule has 154 valence electrons. The van der Waals surface area contributed by atoms with E-state index in [1.54, 1.807) is 0 Å². The minimum atomic E-state index is -0.241. The zero-order valence-corrected chi connectivity index (χ0v) is 17.1. The number of aromatic amines is 2. The van der Waals surface area contributed by atoms with E-state index in [0.717, 1.165) is 67.1 Å². The molecule has 1 aliphatic heterocycles. The van der Waals surface area contributed by atoms with E-state index in [1.165, 1.54) is 37.7 Å². The van der Waals surface area contributed by atoms with Crippen LogP contribution in [0.5, 0.6) is 0 Å². The second-order valence-corrected chi connectivity index (χ2v) is 9.02. The summed E-state index contributed by atoms with van der Waals surface area (Å²) in [4.78, 5) is 30.6. The molecule has 0 atom stereocenters. The molecule has 6 nitrogen and oxygen atoms in total. The number of hydrogen-bond acceptors (Lipinski definition) is 3. The molecule has 6 heteroatoms. The molecule has 3 heterocycles. The van der Waals surface area contributed by atoms with Crippen LogP contribution in [0.1, 0.15) is 83.5 Å². The Morgan fingerprint density at radius 2 is 1.93 bits per heavy atom. The number of nitrogens with one attached hydrogen (secondary N) is 2. The second kappa shape index (κ2) is 7.81. The lowest BCUT2D eigenvalue weighted by atomic mass is 9.94. The predicted octanol–water partition coefficient (Wildman–Crippen LogP) is 3.30. The number of hydrogen-bond donors (Lipinski definition) is 2. The highest BCUT2D eigenvalue weighted by Gasteiger charge is 2.28. The molecule has 0 radical (unpaired) electrons. The van der Waals surface area contributed by atoms with Crippen LogP contribution in [0.25, 0.3) is 0 Å². The van der Waals surface area contributed by atoms with Crippen molar-refractivity contribution >= 4 is 5.91 Å². The van der Waals surface area contributed by atoms with Crippen molar-refractivity contribution in [1.82, 2.24) is 20.1 Å². The Balaban J connectivity index is 1.33. The third-order valence-corrected chi connectivity index (χ3v) is 7.14. The average molecular weight is 395 g/mol. The molecular formula is C23H30N4O2. The van der Waals surface area contributed by atoms with E-state index in [2.05, 4.69) is 15.2 Å². The standard InChI is InChI=1S/C23H30N4O2/c28-22-17(13-16-7-3-4-8-19(16)24-22)23(29)27-12-11-21-18(14-27)20(25-26-21)10-9-15-5-1-2-6-15/h13,15H,1-12,14H2,(H,24,28)(H,25,26). The third kappa shape index (κ3) is 3.65. The van der Waals surface area contributed by atoms with Crippen LogP contribution < -0.4 is 5.56 Å². The highest BCUT2D eigenvalue weighted by Crippen LogP contribution is 2.30. The number of rotatable bonds is 4. The van der Waals surface area contributed by atoms with Gasteiger partial charge in [0.1, 0.15) is 5.56 Å². The summed E-state index contributed by atoms with van der Waals surface area (Å²) in [5.74, 6) is 0.686. The second-order valence-electron chi connectivity index (χ2n) is 9.02. The van der Waals surface area contributed by atoms with E-state index in [9.17, 15) is 9.59 Å². The molecule has 0 spiro atoms. The van der Waals surface area contributed by atoms with Gasteiger partial charge in [0, 0.05) is 36.5 Å². The summed E-state index contributed by atoms with van der Waals surface area (Å²) < 4.78 is 0. The zero-order valence-electron chi connectivity index (χ0n) is 17.1. The predicted molar refractivity (Wildman–Crippen MR) is 111 cm³/mol. The lowest BCUT2D eigenvalue weighted by Gasteiger charge is -2.27. The van der Waals surface area contributed by atoms with Gasteiger partial charge in [0.05, 0.1) is 5.69 Å². The zero-order chi connectivity index (χ0) is 19.8. The van der Waals surface area contributed by atoms with Gasteiger partial charge in [0.2, 0.25) is 0 Å². The molecule has 5 rings (SSSR count). The van der Waals surface area contributed by atoms with Gasteiger partial charge in [-0.15, -0.1) is 0 Å². The van der Waals surface area contributed by atoms with Gasteiger partial charge in [0.15, 0.2) is 0 Å². The molecule has 2 N–H and O–H groups in total. The van der Waals surface area contributed by atoms with E-state index in [1.807, 2.05) is 11.0 Å². The summed E-state index contributed by atoms with van der Waals surface area (Å²) in [5.41, 5.74) is 5.66. The number of H-pyrrole nitrogens is 2. The molecular weight excluding hydrogens is 364 g/mol. The number of carbonyl (C=O) groups excluding carboxylic acids is 1. The molecule has 0 bridgehead atoms. The van der Waals surface area contributed by atoms with Crippen LogP contribution in [0.3, 0.4) is 0 Å². The van der Waals surface area contributed by atoms with Crippen LogP contribution in [0, 0.1) is 5.92 Å². The minimum Gasteiger partial charge on any atom is -0.334 e. The van der Waals surface area contributed by atoms with Crippen LogP contribution in [-0.4, -0.2) is 32.5 Å². The van der Waals surface area contributed by atoms with Crippen molar-refractivity contribution < 1.29 is 4.79 Å². The molecule has 2 aromatic rings. The number of fused-ring (bicyclic) bond motifs is 2. The first-order valence-corrected chi connectivity index (χ1v) is 11.3. The number of nitrogens with zero attached hydrogens (tertiary/aromatic N) is 2. The van der Waals surface area contributed by atoms with Gasteiger partial charge >= 0.3 is 0 Å². The summed E-state index contributed by atoms with van der Waals surface area (Å²) >= 11 is 0. The largest absolute Gasteiger partial charge is 0.334 e. The first-order chi connectivity index (χ1) is 14.2. The van der Waals surface area contributed by atoms with Crippen LogP contribution in [0.15, 0.2) is 10.9 Å². The summed E-state index contributed by atoms with van der Waals surface area (Å²) in [7, 11) is 0. The fourth-order valence-corrected chi connectivity index (χ4v) is 5.38. The van der Waals surface area contributed by atoms with E-state index in [4.69, 9.17) is 0 Å². The van der Waals surface area contributed by atoms with Crippen molar-refractivity contribution in [1.29, 1.82) is 0 Å². The van der Waals surface area contributed by atoms with Crippen molar-refractivity contribution in [3.63, 3.8) is 0 Å². The number of aryl methyl sites for hydroxylation is 3. The molecule has 29 heavy (non-hydrogen) atoms. The van der Waals surface area contributed by atoms with Gasteiger partial charge in [0.25, 0.3) is 11.5 Å². The van der Waals surface area contributed by atoms with Crippen molar-refractivity contribution in [2.45, 2.75) is 77.2 Å². The molecule has 1 amide bonds. The fraction of sp³-hybridized carbons (Fsp3) is 0.609. The molecule has 1 saturated carbocycles. The number of pyridine rings is 1. The Morgan fingerprint density at radius 1 is 1.10 bits per heavy atom. The number of aromatic nitrogens is 3. The van der Waals surface area contributed by atoms with Gasteiger partial charge in [-0.05, 0) is 56.1 Å². The number of carbonyl (C=O) groups is 1. The van der Waals surface area contributed by atoms with Crippen molar-refractivity contribution in [2.75, 3.05) is 6.54 Å². The summed E-state index contributed by atoms with van der Waals surface area (Å²) in [5, 5.41) is 7.77. The third-order valence-electron chi connectivity index (χ3n) is 7.14. The minimum absolute atomic E-state index is 0.145. The lowest BCUT2D eigenvalue weighted by Crippen LogP contribution is -2.39. The molecule has 0 saturated heterocycles. The van der Waals surface area contributed by atoms with E-state index in [0.29, 0.717) is 18.7 Å². The summed E-state index contributed by atoms with van der Waals surface area (Å²) in [6.45, 7) is 1.19. The average Bonchev–Trinajstić information content (AvgIpc) is 3.40. The van der Waals surface area contributed by atoms with Crippen molar-refractivity contribution in [3.05, 3.63) is 50.2 Å². The highest BCUT2D eigenvalue weighted by atomic mass is 16.2. The van der Waals surface area contributed by atoms with E-state index < -0.39 is 0 Å². The topological polar surface area (TPSA) is 81.9 Å². The van der Waals surface area contributed by atoms with Gasteiger partial charge in [-0.3, -0.25) is 14.7 Å². The van der Waals surface area contributed by atoms with E-state index >= 15 is 0 Å². The monoisotopic (exact) mass is 394 g/mol. The van der Waals surface area contributed by atoms with Crippen LogP contribution in [0.2, 0.25) is 0 Å². The maximum Gasteiger partial charge on any atom is 0.261 e. The molecule has 2 aromatic heterocycles. The maximum absolute atomic E-state index is 13.2. The lowest BCUT2D eigenvalue weighted by molar-refractivity contribution is 0.0731. The van der Waals surface area contributed by atoms with E-state index in [-0.39, 0.29) is 11.5 Å². The molecule has 1 fully saturated rings.